The van der Waals surface area contributed by atoms with Gasteiger partial charge in [0.05, 0.1) is 13.2 Å². The average molecular weight is 283 g/mol. The standard InChI is InChI=1S/C13H21N3O4/c1-5-18-12(17)13(2,3)11-14-10(15-20-11)9-8-16(4)6-7-19-9/h9H,5-8H2,1-4H3. The van der Waals surface area contributed by atoms with Gasteiger partial charge in [0.2, 0.25) is 11.7 Å². The van der Waals surface area contributed by atoms with Crippen molar-refractivity contribution in [3.05, 3.63) is 11.7 Å². The Kier molecular flexibility index (Phi) is 4.39. The summed E-state index contributed by atoms with van der Waals surface area (Å²) in [6, 6.07) is 0. The number of ether oxygens (including phenoxy) is 2. The van der Waals surface area contributed by atoms with Crippen LogP contribution in [0.3, 0.4) is 0 Å². The SMILES string of the molecule is CCOC(=O)C(C)(C)c1nc(C2CN(C)CCO2)no1. The Morgan fingerprint density at radius 1 is 1.55 bits per heavy atom. The van der Waals surface area contributed by atoms with Gasteiger partial charge in [0.1, 0.15) is 11.5 Å². The second-order valence-corrected chi connectivity index (χ2v) is 5.42. The highest BCUT2D eigenvalue weighted by Crippen LogP contribution is 2.26. The molecule has 1 atom stereocenters. The number of nitrogens with zero attached hydrogens (tertiary/aromatic N) is 3. The van der Waals surface area contributed by atoms with E-state index in [4.69, 9.17) is 14.0 Å². The fourth-order valence-electron chi connectivity index (χ4n) is 1.95. The number of carbonyl (C=O) groups excluding carboxylic acids is 1. The zero-order chi connectivity index (χ0) is 14.8. The Hall–Kier alpha value is -1.47. The molecule has 7 heteroatoms. The first-order valence-electron chi connectivity index (χ1n) is 6.76. The molecule has 1 aliphatic heterocycles. The van der Waals surface area contributed by atoms with Crippen LogP contribution in [0.2, 0.25) is 0 Å². The smallest absolute Gasteiger partial charge is 0.321 e. The molecule has 2 rings (SSSR count). The summed E-state index contributed by atoms with van der Waals surface area (Å²) in [5.41, 5.74) is -0.957. The Morgan fingerprint density at radius 2 is 2.30 bits per heavy atom. The number of esters is 1. The van der Waals surface area contributed by atoms with Gasteiger partial charge >= 0.3 is 5.97 Å². The highest BCUT2D eigenvalue weighted by Gasteiger charge is 2.38. The molecular weight excluding hydrogens is 262 g/mol. The van der Waals surface area contributed by atoms with E-state index in [9.17, 15) is 4.79 Å². The molecule has 0 N–H and O–H groups in total. The lowest BCUT2D eigenvalue weighted by atomic mass is 9.94. The summed E-state index contributed by atoms with van der Waals surface area (Å²) in [6.45, 7) is 7.71. The van der Waals surface area contributed by atoms with E-state index in [2.05, 4.69) is 15.0 Å². The van der Waals surface area contributed by atoms with Gasteiger partial charge in [-0.15, -0.1) is 0 Å². The second-order valence-electron chi connectivity index (χ2n) is 5.42. The van der Waals surface area contributed by atoms with Crippen LogP contribution in [0.1, 0.15) is 38.6 Å². The van der Waals surface area contributed by atoms with Gasteiger partial charge < -0.3 is 18.9 Å². The summed E-state index contributed by atoms with van der Waals surface area (Å²) in [5.74, 6) is 0.351. The summed E-state index contributed by atoms with van der Waals surface area (Å²) in [5, 5.41) is 3.94. The Balaban J connectivity index is 2.13. The zero-order valence-electron chi connectivity index (χ0n) is 12.4. The van der Waals surface area contributed by atoms with Gasteiger partial charge in [-0.1, -0.05) is 5.16 Å². The minimum atomic E-state index is -0.957. The van der Waals surface area contributed by atoms with Crippen LogP contribution >= 0.6 is 0 Å². The van der Waals surface area contributed by atoms with E-state index in [0.29, 0.717) is 25.6 Å². The molecule has 0 aliphatic carbocycles. The highest BCUT2D eigenvalue weighted by molar-refractivity contribution is 5.80. The molecule has 2 heterocycles. The molecule has 1 unspecified atom stereocenters. The van der Waals surface area contributed by atoms with Crippen molar-refractivity contribution >= 4 is 5.97 Å². The quantitative estimate of drug-likeness (QED) is 0.760. The fraction of sp³-hybridized carbons (Fsp3) is 0.769. The third-order valence-corrected chi connectivity index (χ3v) is 3.32. The maximum absolute atomic E-state index is 11.9. The van der Waals surface area contributed by atoms with Crippen molar-refractivity contribution < 1.29 is 18.8 Å². The number of rotatable bonds is 4. The largest absolute Gasteiger partial charge is 0.465 e. The van der Waals surface area contributed by atoms with Crippen LogP contribution < -0.4 is 0 Å². The normalized spacial score (nSPS) is 20.9. The molecule has 1 saturated heterocycles. The molecule has 1 aromatic rings. The van der Waals surface area contributed by atoms with Crippen LogP contribution in [0.5, 0.6) is 0 Å². The zero-order valence-corrected chi connectivity index (χ0v) is 12.4. The molecular formula is C13H21N3O4. The third kappa shape index (κ3) is 2.99. The van der Waals surface area contributed by atoms with Crippen LogP contribution in [0, 0.1) is 0 Å². The van der Waals surface area contributed by atoms with E-state index >= 15 is 0 Å². The van der Waals surface area contributed by atoms with Crippen molar-refractivity contribution in [2.45, 2.75) is 32.3 Å². The van der Waals surface area contributed by atoms with Gasteiger partial charge in [-0.3, -0.25) is 4.79 Å². The lowest BCUT2D eigenvalue weighted by Gasteiger charge is -2.27. The lowest BCUT2D eigenvalue weighted by molar-refractivity contribution is -0.149. The molecule has 7 nitrogen and oxygen atoms in total. The molecule has 0 bridgehead atoms. The van der Waals surface area contributed by atoms with E-state index in [-0.39, 0.29) is 18.0 Å². The Labute approximate surface area is 118 Å². The van der Waals surface area contributed by atoms with Crippen molar-refractivity contribution in [3.8, 4) is 0 Å². The van der Waals surface area contributed by atoms with E-state index in [1.807, 2.05) is 7.05 Å². The number of hydrogen-bond acceptors (Lipinski definition) is 7. The first-order valence-corrected chi connectivity index (χ1v) is 6.76. The van der Waals surface area contributed by atoms with E-state index < -0.39 is 5.41 Å². The van der Waals surface area contributed by atoms with Crippen LogP contribution in [-0.4, -0.2) is 54.4 Å². The first-order chi connectivity index (χ1) is 9.45. The fourth-order valence-corrected chi connectivity index (χ4v) is 1.95. The van der Waals surface area contributed by atoms with Crippen LogP contribution in [0.25, 0.3) is 0 Å². The molecule has 0 saturated carbocycles. The summed E-state index contributed by atoms with van der Waals surface area (Å²) in [6.07, 6.45) is -0.218. The first kappa shape index (κ1) is 14.9. The number of carbonyl (C=O) groups is 1. The number of aromatic nitrogens is 2. The van der Waals surface area contributed by atoms with Crippen LogP contribution in [0.15, 0.2) is 4.52 Å². The molecule has 0 radical (unpaired) electrons. The van der Waals surface area contributed by atoms with Gasteiger partial charge in [-0.2, -0.15) is 4.98 Å². The molecule has 0 spiro atoms. The summed E-state index contributed by atoms with van der Waals surface area (Å²) < 4.78 is 15.9. The van der Waals surface area contributed by atoms with Crippen LogP contribution in [-0.2, 0) is 19.7 Å². The third-order valence-electron chi connectivity index (χ3n) is 3.32. The second kappa shape index (κ2) is 5.88. The van der Waals surface area contributed by atoms with Crippen molar-refractivity contribution in [2.75, 3.05) is 33.4 Å². The summed E-state index contributed by atoms with van der Waals surface area (Å²) in [4.78, 5) is 18.4. The maximum atomic E-state index is 11.9. The Bertz CT molecular complexity index is 472. The molecule has 1 fully saturated rings. The van der Waals surface area contributed by atoms with Gasteiger partial charge in [0.15, 0.2) is 0 Å². The monoisotopic (exact) mass is 283 g/mol. The molecule has 20 heavy (non-hydrogen) atoms. The average Bonchev–Trinajstić information content (AvgIpc) is 2.89. The molecule has 1 aliphatic rings. The number of hydrogen-bond donors (Lipinski definition) is 0. The van der Waals surface area contributed by atoms with Crippen molar-refractivity contribution in [2.24, 2.45) is 0 Å². The lowest BCUT2D eigenvalue weighted by Crippen LogP contribution is -2.36. The van der Waals surface area contributed by atoms with E-state index in [0.717, 1.165) is 6.54 Å². The number of morpholine rings is 1. The van der Waals surface area contributed by atoms with Gasteiger partial charge in [0.25, 0.3) is 0 Å². The maximum Gasteiger partial charge on any atom is 0.321 e. The predicted octanol–water partition coefficient (Wildman–Crippen LogP) is 0.913. The van der Waals surface area contributed by atoms with E-state index in [1.165, 1.54) is 0 Å². The highest BCUT2D eigenvalue weighted by atomic mass is 16.5. The molecule has 0 amide bonds. The minimum absolute atomic E-state index is 0.218. The molecule has 1 aromatic heterocycles. The van der Waals surface area contributed by atoms with Gasteiger partial charge in [-0.25, -0.2) is 0 Å². The van der Waals surface area contributed by atoms with E-state index in [1.54, 1.807) is 20.8 Å². The molecule has 0 aromatic carbocycles. The van der Waals surface area contributed by atoms with Crippen molar-refractivity contribution in [1.82, 2.24) is 15.0 Å². The van der Waals surface area contributed by atoms with Gasteiger partial charge in [0, 0.05) is 13.1 Å². The van der Waals surface area contributed by atoms with Crippen LogP contribution in [0.4, 0.5) is 0 Å². The minimum Gasteiger partial charge on any atom is -0.465 e. The van der Waals surface area contributed by atoms with Gasteiger partial charge in [-0.05, 0) is 27.8 Å². The molecule has 112 valence electrons. The topological polar surface area (TPSA) is 77.7 Å². The van der Waals surface area contributed by atoms with Crippen molar-refractivity contribution in [1.29, 1.82) is 0 Å². The Morgan fingerprint density at radius 3 is 2.95 bits per heavy atom. The number of likely N-dealkylation sites (N-methyl/N-ethyl adjacent to an activating group) is 1. The summed E-state index contributed by atoms with van der Waals surface area (Å²) in [7, 11) is 2.01. The summed E-state index contributed by atoms with van der Waals surface area (Å²) >= 11 is 0. The predicted molar refractivity (Wildman–Crippen MR) is 70.1 cm³/mol. The van der Waals surface area contributed by atoms with Crippen molar-refractivity contribution in [3.63, 3.8) is 0 Å².